The number of nitrogens with one attached hydrogen (secondary N) is 2. The van der Waals surface area contributed by atoms with Crippen molar-refractivity contribution >= 4 is 35.6 Å². The van der Waals surface area contributed by atoms with Gasteiger partial charge in [0, 0.05) is 52.0 Å². The molecule has 182 valence electrons. The summed E-state index contributed by atoms with van der Waals surface area (Å²) in [6.45, 7) is 7.22. The monoisotopic (exact) mass is 567 g/mol. The van der Waals surface area contributed by atoms with E-state index in [1.165, 1.54) is 12.1 Å². The van der Waals surface area contributed by atoms with Gasteiger partial charge >= 0.3 is 0 Å². The molecule has 0 saturated carbocycles. The summed E-state index contributed by atoms with van der Waals surface area (Å²) < 4.78 is 10.7. The van der Waals surface area contributed by atoms with Crippen molar-refractivity contribution in [3.05, 3.63) is 54.1 Å². The Morgan fingerprint density at radius 3 is 2.30 bits per heavy atom. The quantitative estimate of drug-likeness (QED) is 0.198. The maximum atomic E-state index is 5.37. The summed E-state index contributed by atoms with van der Waals surface area (Å²) in [6, 6.07) is 16.6. The number of piperazine rings is 1. The van der Waals surface area contributed by atoms with Gasteiger partial charge in [-0.3, -0.25) is 9.89 Å². The maximum absolute atomic E-state index is 5.37. The smallest absolute Gasteiger partial charge is 0.191 e. The summed E-state index contributed by atoms with van der Waals surface area (Å²) in [4.78, 5) is 9.38. The van der Waals surface area contributed by atoms with Gasteiger partial charge in [0.05, 0.1) is 14.2 Å². The van der Waals surface area contributed by atoms with E-state index in [1.54, 1.807) is 21.3 Å². The summed E-state index contributed by atoms with van der Waals surface area (Å²) in [5, 5.41) is 6.78. The zero-order valence-electron chi connectivity index (χ0n) is 20.0. The van der Waals surface area contributed by atoms with Crippen LogP contribution in [-0.4, -0.2) is 71.4 Å². The molecule has 1 saturated heterocycles. The number of guanidine groups is 1. The van der Waals surface area contributed by atoms with Crippen molar-refractivity contribution < 1.29 is 9.47 Å². The lowest BCUT2D eigenvalue weighted by Crippen LogP contribution is -2.46. The van der Waals surface area contributed by atoms with E-state index in [0.717, 1.165) is 68.7 Å². The molecule has 1 aliphatic heterocycles. The molecule has 7 nitrogen and oxygen atoms in total. The standard InChI is InChI=1S/C25H37N5O2.HI/c1-26-25(28-20-21-11-12-23(31-2)24(19-21)32-3)27-13-7-8-14-29-15-17-30(18-16-29)22-9-5-4-6-10-22;/h4-6,9-12,19H,7-8,13-18,20H2,1-3H3,(H2,26,27,28);1H. The molecule has 0 radical (unpaired) electrons. The van der Waals surface area contributed by atoms with E-state index in [2.05, 4.69) is 55.8 Å². The molecule has 1 fully saturated rings. The van der Waals surface area contributed by atoms with Crippen LogP contribution in [0.5, 0.6) is 11.5 Å². The number of aliphatic imine (C=N–C) groups is 1. The highest BCUT2D eigenvalue weighted by molar-refractivity contribution is 14.0. The predicted octanol–water partition coefficient (Wildman–Crippen LogP) is 3.59. The fourth-order valence-electron chi connectivity index (χ4n) is 3.93. The first-order chi connectivity index (χ1) is 15.7. The van der Waals surface area contributed by atoms with Gasteiger partial charge in [-0.1, -0.05) is 24.3 Å². The van der Waals surface area contributed by atoms with Crippen molar-refractivity contribution in [2.75, 3.05) is 65.4 Å². The lowest BCUT2D eigenvalue weighted by molar-refractivity contribution is 0.253. The zero-order chi connectivity index (χ0) is 22.6. The number of ether oxygens (including phenoxy) is 2. The third-order valence-corrected chi connectivity index (χ3v) is 5.82. The second-order valence-electron chi connectivity index (χ2n) is 7.91. The molecule has 33 heavy (non-hydrogen) atoms. The van der Waals surface area contributed by atoms with Gasteiger partial charge in [0.2, 0.25) is 0 Å². The number of unbranched alkanes of at least 4 members (excludes halogenated alkanes) is 1. The van der Waals surface area contributed by atoms with Crippen molar-refractivity contribution in [1.82, 2.24) is 15.5 Å². The van der Waals surface area contributed by atoms with Crippen LogP contribution in [0.2, 0.25) is 0 Å². The first-order valence-electron chi connectivity index (χ1n) is 11.4. The summed E-state index contributed by atoms with van der Waals surface area (Å²) in [5.74, 6) is 2.29. The van der Waals surface area contributed by atoms with Crippen LogP contribution < -0.4 is 25.0 Å². The molecule has 1 aliphatic rings. The van der Waals surface area contributed by atoms with Crippen LogP contribution >= 0.6 is 24.0 Å². The lowest BCUT2D eigenvalue weighted by Gasteiger charge is -2.36. The minimum absolute atomic E-state index is 0. The average Bonchev–Trinajstić information content (AvgIpc) is 2.86. The number of para-hydroxylation sites is 1. The topological polar surface area (TPSA) is 61.4 Å². The molecular weight excluding hydrogens is 529 g/mol. The van der Waals surface area contributed by atoms with E-state index < -0.39 is 0 Å². The van der Waals surface area contributed by atoms with Crippen molar-refractivity contribution in [3.63, 3.8) is 0 Å². The van der Waals surface area contributed by atoms with E-state index in [4.69, 9.17) is 9.47 Å². The van der Waals surface area contributed by atoms with Crippen LogP contribution in [0.15, 0.2) is 53.5 Å². The van der Waals surface area contributed by atoms with E-state index >= 15 is 0 Å². The van der Waals surface area contributed by atoms with Crippen LogP contribution in [0.1, 0.15) is 18.4 Å². The Morgan fingerprint density at radius 1 is 0.909 bits per heavy atom. The van der Waals surface area contributed by atoms with Crippen LogP contribution in [0.3, 0.4) is 0 Å². The molecule has 2 aromatic rings. The fourth-order valence-corrected chi connectivity index (χ4v) is 3.93. The Bertz CT molecular complexity index is 842. The van der Waals surface area contributed by atoms with E-state index in [1.807, 2.05) is 18.2 Å². The number of hydrogen-bond acceptors (Lipinski definition) is 5. The highest BCUT2D eigenvalue weighted by Gasteiger charge is 2.16. The second-order valence-corrected chi connectivity index (χ2v) is 7.91. The minimum atomic E-state index is 0. The molecule has 0 amide bonds. The van der Waals surface area contributed by atoms with Gasteiger partial charge in [0.1, 0.15) is 0 Å². The average molecular weight is 568 g/mol. The highest BCUT2D eigenvalue weighted by atomic mass is 127. The summed E-state index contributed by atoms with van der Waals surface area (Å²) in [7, 11) is 5.10. The number of halogens is 1. The number of benzene rings is 2. The molecule has 2 N–H and O–H groups in total. The Hall–Kier alpha value is -2.20. The molecule has 3 rings (SSSR count). The third kappa shape index (κ3) is 8.58. The second kappa shape index (κ2) is 14.8. The summed E-state index contributed by atoms with van der Waals surface area (Å²) in [5.41, 5.74) is 2.45. The molecule has 0 bridgehead atoms. The summed E-state index contributed by atoms with van der Waals surface area (Å²) >= 11 is 0. The van der Waals surface area contributed by atoms with Crippen LogP contribution in [0, 0.1) is 0 Å². The molecule has 0 atom stereocenters. The van der Waals surface area contributed by atoms with Crippen LogP contribution in [-0.2, 0) is 6.54 Å². The Labute approximate surface area is 215 Å². The largest absolute Gasteiger partial charge is 0.493 e. The molecule has 0 spiro atoms. The summed E-state index contributed by atoms with van der Waals surface area (Å²) in [6.07, 6.45) is 2.31. The van der Waals surface area contributed by atoms with Gasteiger partial charge in [-0.05, 0) is 49.2 Å². The molecule has 8 heteroatoms. The fraction of sp³-hybridized carbons (Fsp3) is 0.480. The van der Waals surface area contributed by atoms with Crippen molar-refractivity contribution in [2.45, 2.75) is 19.4 Å². The van der Waals surface area contributed by atoms with Gasteiger partial charge in [0.15, 0.2) is 17.5 Å². The number of anilines is 1. The van der Waals surface area contributed by atoms with Crippen LogP contribution in [0.4, 0.5) is 5.69 Å². The van der Waals surface area contributed by atoms with Gasteiger partial charge in [-0.25, -0.2) is 0 Å². The number of rotatable bonds is 10. The molecule has 2 aromatic carbocycles. The first-order valence-corrected chi connectivity index (χ1v) is 11.4. The minimum Gasteiger partial charge on any atom is -0.493 e. The zero-order valence-corrected chi connectivity index (χ0v) is 22.4. The van der Waals surface area contributed by atoms with Gasteiger partial charge in [-0.15, -0.1) is 24.0 Å². The SMILES string of the molecule is CN=C(NCCCCN1CCN(c2ccccc2)CC1)NCc1ccc(OC)c(OC)c1.I. The van der Waals surface area contributed by atoms with E-state index in [-0.39, 0.29) is 24.0 Å². The predicted molar refractivity (Wildman–Crippen MR) is 147 cm³/mol. The highest BCUT2D eigenvalue weighted by Crippen LogP contribution is 2.27. The molecule has 0 unspecified atom stereocenters. The Kier molecular flexibility index (Phi) is 12.2. The molecule has 0 aliphatic carbocycles. The Morgan fingerprint density at radius 2 is 1.64 bits per heavy atom. The van der Waals surface area contributed by atoms with Gasteiger partial charge < -0.3 is 25.0 Å². The lowest BCUT2D eigenvalue weighted by atomic mass is 10.2. The van der Waals surface area contributed by atoms with E-state index in [0.29, 0.717) is 6.54 Å². The van der Waals surface area contributed by atoms with Gasteiger partial charge in [0.25, 0.3) is 0 Å². The number of methoxy groups -OCH3 is 2. The normalized spacial score (nSPS) is 14.4. The first kappa shape index (κ1) is 27.0. The number of nitrogens with zero attached hydrogens (tertiary/aromatic N) is 3. The molecular formula is C25H38IN5O2. The van der Waals surface area contributed by atoms with E-state index in [9.17, 15) is 0 Å². The molecule has 0 aromatic heterocycles. The van der Waals surface area contributed by atoms with Crippen LogP contribution in [0.25, 0.3) is 0 Å². The Balaban J connectivity index is 0.00000385. The van der Waals surface area contributed by atoms with Crippen molar-refractivity contribution in [3.8, 4) is 11.5 Å². The third-order valence-electron chi connectivity index (χ3n) is 5.82. The van der Waals surface area contributed by atoms with Crippen molar-refractivity contribution in [1.29, 1.82) is 0 Å². The maximum Gasteiger partial charge on any atom is 0.191 e. The van der Waals surface area contributed by atoms with Gasteiger partial charge in [-0.2, -0.15) is 0 Å². The number of hydrogen-bond donors (Lipinski definition) is 2. The van der Waals surface area contributed by atoms with Crippen molar-refractivity contribution in [2.24, 2.45) is 4.99 Å². The molecule has 1 heterocycles.